The molecular formula is C21H19F3N4O5. The standard InChI is InChI=1S/C21H19F3N4O5/c22-9-3-14(23)12(15(24)4-9)6-26-20(30)13-7-27-8-16-28(10-1-2-11(5-10)32-16)21(31)17(27)19(33-25)18(13)29/h3-4,7,10-11,16H,1-2,5-6,8,25H2,(H,26,30)/t10-,11+,16+/m0/s1. The predicted molar refractivity (Wildman–Crippen MR) is 105 cm³/mol. The fourth-order valence-electron chi connectivity index (χ4n) is 4.81. The van der Waals surface area contributed by atoms with Crippen LogP contribution in [0.5, 0.6) is 5.75 Å². The molecule has 12 heteroatoms. The van der Waals surface area contributed by atoms with Gasteiger partial charge in [0.25, 0.3) is 11.8 Å². The van der Waals surface area contributed by atoms with Gasteiger partial charge in [0.15, 0.2) is 11.9 Å². The van der Waals surface area contributed by atoms with Crippen molar-refractivity contribution in [1.82, 2.24) is 14.8 Å². The van der Waals surface area contributed by atoms with E-state index >= 15 is 0 Å². The van der Waals surface area contributed by atoms with Gasteiger partial charge in [-0.05, 0) is 19.3 Å². The Labute approximate surface area is 184 Å². The summed E-state index contributed by atoms with van der Waals surface area (Å²) in [6, 6.07) is 0.944. The fraction of sp³-hybridized carbons (Fsp3) is 0.381. The quantitative estimate of drug-likeness (QED) is 0.657. The van der Waals surface area contributed by atoms with Gasteiger partial charge in [0.2, 0.25) is 11.2 Å². The number of nitrogens with zero attached hydrogens (tertiary/aromatic N) is 2. The monoisotopic (exact) mass is 464 g/mol. The zero-order chi connectivity index (χ0) is 23.4. The van der Waals surface area contributed by atoms with E-state index in [0.29, 0.717) is 18.6 Å². The molecule has 1 aromatic heterocycles. The summed E-state index contributed by atoms with van der Waals surface area (Å²) in [5.41, 5.74) is -2.06. The third kappa shape index (κ3) is 3.45. The number of ether oxygens (including phenoxy) is 1. The molecule has 3 heterocycles. The molecule has 3 atom stereocenters. The highest BCUT2D eigenvalue weighted by Gasteiger charge is 2.47. The van der Waals surface area contributed by atoms with Crippen LogP contribution in [0.4, 0.5) is 13.2 Å². The van der Waals surface area contributed by atoms with E-state index in [4.69, 9.17) is 15.5 Å². The number of amides is 2. The van der Waals surface area contributed by atoms with Gasteiger partial charge in [-0.2, -0.15) is 5.90 Å². The minimum Gasteiger partial charge on any atom is -0.405 e. The third-order valence-electron chi connectivity index (χ3n) is 6.33. The zero-order valence-corrected chi connectivity index (χ0v) is 17.1. The van der Waals surface area contributed by atoms with Crippen molar-refractivity contribution in [2.45, 2.75) is 50.7 Å². The molecular weight excluding hydrogens is 445 g/mol. The third-order valence-corrected chi connectivity index (χ3v) is 6.33. The highest BCUT2D eigenvalue weighted by molar-refractivity contribution is 5.99. The van der Waals surface area contributed by atoms with Crippen molar-refractivity contribution >= 4 is 11.8 Å². The summed E-state index contributed by atoms with van der Waals surface area (Å²) >= 11 is 0. The number of rotatable bonds is 4. The molecule has 3 N–H and O–H groups in total. The van der Waals surface area contributed by atoms with Crippen LogP contribution in [0.15, 0.2) is 23.1 Å². The Bertz CT molecular complexity index is 1210. The van der Waals surface area contributed by atoms with E-state index in [1.54, 1.807) is 4.90 Å². The topological polar surface area (TPSA) is 116 Å². The second-order valence-electron chi connectivity index (χ2n) is 8.24. The zero-order valence-electron chi connectivity index (χ0n) is 17.1. The van der Waals surface area contributed by atoms with E-state index in [9.17, 15) is 27.6 Å². The van der Waals surface area contributed by atoms with Crippen molar-refractivity contribution in [2.75, 3.05) is 0 Å². The molecule has 174 valence electrons. The van der Waals surface area contributed by atoms with Crippen molar-refractivity contribution < 1.29 is 32.3 Å². The molecule has 5 rings (SSSR count). The first-order valence-corrected chi connectivity index (χ1v) is 10.3. The van der Waals surface area contributed by atoms with Crippen molar-refractivity contribution in [3.8, 4) is 5.75 Å². The lowest BCUT2D eigenvalue weighted by molar-refractivity contribution is -0.132. The van der Waals surface area contributed by atoms with Gasteiger partial charge in [0.05, 0.1) is 12.6 Å². The number of halogens is 3. The lowest BCUT2D eigenvalue weighted by Crippen LogP contribution is -2.57. The lowest BCUT2D eigenvalue weighted by atomic mass is 10.1. The second kappa shape index (κ2) is 7.89. The Morgan fingerprint density at radius 1 is 1.21 bits per heavy atom. The number of nitrogens with one attached hydrogen (secondary N) is 1. The van der Waals surface area contributed by atoms with Crippen LogP contribution in [-0.2, 0) is 17.8 Å². The number of carbonyl (C=O) groups excluding carboxylic acids is 2. The van der Waals surface area contributed by atoms with Gasteiger partial charge < -0.3 is 24.4 Å². The average Bonchev–Trinajstić information content (AvgIpc) is 3.13. The van der Waals surface area contributed by atoms with Crippen LogP contribution in [0.25, 0.3) is 0 Å². The Balaban J connectivity index is 1.47. The minimum atomic E-state index is -1.18. The normalized spacial score (nSPS) is 23.2. The van der Waals surface area contributed by atoms with Crippen molar-refractivity contribution in [3.05, 3.63) is 62.8 Å². The maximum absolute atomic E-state index is 13.9. The number of benzene rings is 1. The molecule has 2 bridgehead atoms. The maximum atomic E-state index is 13.9. The van der Waals surface area contributed by atoms with Gasteiger partial charge >= 0.3 is 0 Å². The molecule has 9 nitrogen and oxygen atoms in total. The molecule has 2 aromatic rings. The minimum absolute atomic E-state index is 0.0146. The van der Waals surface area contributed by atoms with Crippen LogP contribution in [0.1, 0.15) is 45.7 Å². The average molecular weight is 464 g/mol. The number of aromatic nitrogens is 1. The van der Waals surface area contributed by atoms with E-state index < -0.39 is 64.3 Å². The highest BCUT2D eigenvalue weighted by Crippen LogP contribution is 2.38. The lowest BCUT2D eigenvalue weighted by Gasteiger charge is -2.44. The van der Waals surface area contributed by atoms with Crippen molar-refractivity contribution in [1.29, 1.82) is 0 Å². The first-order valence-electron chi connectivity index (χ1n) is 10.3. The Morgan fingerprint density at radius 3 is 2.64 bits per heavy atom. The molecule has 3 aliphatic rings. The largest absolute Gasteiger partial charge is 0.405 e. The summed E-state index contributed by atoms with van der Waals surface area (Å²) in [7, 11) is 0. The maximum Gasteiger partial charge on any atom is 0.276 e. The van der Waals surface area contributed by atoms with E-state index in [1.807, 2.05) is 0 Å². The first-order chi connectivity index (χ1) is 15.8. The molecule has 0 spiro atoms. The SMILES string of the molecule is NOc1c2n(cc(C(=O)NCc3c(F)cc(F)cc3F)c1=O)C[C@H]1O[C@@H]3CC[C@@H](C3)N1C2=O. The highest BCUT2D eigenvalue weighted by atomic mass is 19.1. The van der Waals surface area contributed by atoms with Crippen LogP contribution < -0.4 is 21.5 Å². The smallest absolute Gasteiger partial charge is 0.276 e. The first kappa shape index (κ1) is 21.5. The van der Waals surface area contributed by atoms with Gasteiger partial charge in [-0.1, -0.05) is 0 Å². The van der Waals surface area contributed by atoms with Crippen LogP contribution in [0.3, 0.4) is 0 Å². The molecule has 0 radical (unpaired) electrons. The molecule has 2 aliphatic heterocycles. The van der Waals surface area contributed by atoms with E-state index in [-0.39, 0.29) is 24.4 Å². The second-order valence-corrected chi connectivity index (χ2v) is 8.24. The molecule has 1 aliphatic carbocycles. The van der Waals surface area contributed by atoms with E-state index in [0.717, 1.165) is 12.8 Å². The summed E-state index contributed by atoms with van der Waals surface area (Å²) in [5, 5.41) is 2.23. The number of carbonyl (C=O) groups is 2. The molecule has 1 saturated carbocycles. The number of hydrogen-bond donors (Lipinski definition) is 2. The molecule has 0 unspecified atom stereocenters. The van der Waals surface area contributed by atoms with E-state index in [2.05, 4.69) is 5.32 Å². The fourth-order valence-corrected chi connectivity index (χ4v) is 4.81. The van der Waals surface area contributed by atoms with E-state index in [1.165, 1.54) is 10.8 Å². The van der Waals surface area contributed by atoms with Crippen LogP contribution in [0, 0.1) is 17.5 Å². The Kier molecular flexibility index (Phi) is 5.13. The molecule has 2 amide bonds. The summed E-state index contributed by atoms with van der Waals surface area (Å²) < 4.78 is 48.2. The van der Waals surface area contributed by atoms with Crippen LogP contribution in [0.2, 0.25) is 0 Å². The van der Waals surface area contributed by atoms with Crippen molar-refractivity contribution in [2.24, 2.45) is 5.90 Å². The Morgan fingerprint density at radius 2 is 1.94 bits per heavy atom. The molecule has 1 aromatic carbocycles. The number of pyridine rings is 1. The molecule has 2 fully saturated rings. The van der Waals surface area contributed by atoms with Gasteiger partial charge in [-0.25, -0.2) is 13.2 Å². The number of fused-ring (bicyclic) bond motifs is 5. The summed E-state index contributed by atoms with van der Waals surface area (Å²) in [6.07, 6.45) is 2.96. The van der Waals surface area contributed by atoms with Crippen LogP contribution in [-0.4, -0.2) is 39.7 Å². The predicted octanol–water partition coefficient (Wildman–Crippen LogP) is 1.18. The van der Waals surface area contributed by atoms with Gasteiger partial charge in [-0.15, -0.1) is 0 Å². The van der Waals surface area contributed by atoms with Crippen molar-refractivity contribution in [3.63, 3.8) is 0 Å². The number of hydrogen-bond acceptors (Lipinski definition) is 6. The summed E-state index contributed by atoms with van der Waals surface area (Å²) in [5.74, 6) is -0.158. The summed E-state index contributed by atoms with van der Waals surface area (Å²) in [6.45, 7) is -0.495. The molecule has 33 heavy (non-hydrogen) atoms. The number of nitrogens with two attached hydrogens (primary N) is 1. The summed E-state index contributed by atoms with van der Waals surface area (Å²) in [4.78, 5) is 45.1. The van der Waals surface area contributed by atoms with Gasteiger partial charge in [-0.3, -0.25) is 14.4 Å². The Hall–Kier alpha value is -3.38. The molecule has 1 saturated heterocycles. The van der Waals surface area contributed by atoms with Gasteiger partial charge in [0.1, 0.15) is 23.0 Å². The van der Waals surface area contributed by atoms with Crippen LogP contribution >= 0.6 is 0 Å². The van der Waals surface area contributed by atoms with Gasteiger partial charge in [0, 0.05) is 36.5 Å².